The molecule has 1 heterocycles. The first kappa shape index (κ1) is 21.7. The number of carbonyl (C=O) groups excluding carboxylic acids is 1. The van der Waals surface area contributed by atoms with Gasteiger partial charge >= 0.3 is 12.1 Å². The molecule has 0 saturated carbocycles. The van der Waals surface area contributed by atoms with Crippen LogP contribution in [0.15, 0.2) is 30.3 Å². The van der Waals surface area contributed by atoms with Crippen LogP contribution in [0.5, 0.6) is 0 Å². The van der Waals surface area contributed by atoms with E-state index in [9.17, 15) is 22.8 Å². The Bertz CT molecular complexity index is 872. The van der Waals surface area contributed by atoms with Crippen LogP contribution in [0.3, 0.4) is 0 Å². The Balaban J connectivity index is 2.35. The number of nitrogens with zero attached hydrogens (tertiary/aromatic N) is 2. The van der Waals surface area contributed by atoms with Gasteiger partial charge in [0.15, 0.2) is 5.78 Å². The molecule has 0 aliphatic carbocycles. The molecule has 5 nitrogen and oxygen atoms in total. The van der Waals surface area contributed by atoms with Gasteiger partial charge in [0.2, 0.25) is 0 Å². The van der Waals surface area contributed by atoms with E-state index in [0.29, 0.717) is 35.6 Å². The summed E-state index contributed by atoms with van der Waals surface area (Å²) >= 11 is 0. The number of hydrogen-bond donors (Lipinski definition) is 1. The fourth-order valence-electron chi connectivity index (χ4n) is 3.27. The van der Waals surface area contributed by atoms with Crippen molar-refractivity contribution in [1.29, 1.82) is 0 Å². The molecule has 0 saturated heterocycles. The van der Waals surface area contributed by atoms with E-state index in [-0.39, 0.29) is 18.9 Å². The SMILES string of the molecule is CCCN(CC(=O)O)CC(=O)c1cc(C)n(-c2cccc(C(F)(F)F)c2)c1C. The van der Waals surface area contributed by atoms with Crippen LogP contribution in [-0.4, -0.2) is 46.0 Å². The number of Topliss-reactive ketones (excluding diaryl/α,β-unsaturated/α-hetero) is 1. The lowest BCUT2D eigenvalue weighted by Gasteiger charge is -2.18. The Morgan fingerprint density at radius 1 is 1.14 bits per heavy atom. The second-order valence-electron chi connectivity index (χ2n) is 6.70. The van der Waals surface area contributed by atoms with E-state index in [1.807, 2.05) is 6.92 Å². The van der Waals surface area contributed by atoms with Crippen molar-refractivity contribution in [2.75, 3.05) is 19.6 Å². The molecular weight excluding hydrogens is 373 g/mol. The lowest BCUT2D eigenvalue weighted by molar-refractivity contribution is -0.138. The Hall–Kier alpha value is -2.61. The summed E-state index contributed by atoms with van der Waals surface area (Å²) in [5, 5.41) is 8.99. The lowest BCUT2D eigenvalue weighted by Crippen LogP contribution is -2.35. The summed E-state index contributed by atoms with van der Waals surface area (Å²) in [6.07, 6.45) is -3.76. The first-order valence-corrected chi connectivity index (χ1v) is 8.88. The summed E-state index contributed by atoms with van der Waals surface area (Å²) in [5.41, 5.74) is 1.08. The van der Waals surface area contributed by atoms with Crippen LogP contribution in [0.2, 0.25) is 0 Å². The molecule has 2 rings (SSSR count). The highest BCUT2D eigenvalue weighted by atomic mass is 19.4. The molecule has 0 atom stereocenters. The average Bonchev–Trinajstić information content (AvgIpc) is 2.88. The smallest absolute Gasteiger partial charge is 0.416 e. The fourth-order valence-corrected chi connectivity index (χ4v) is 3.27. The Kier molecular flexibility index (Phi) is 6.66. The van der Waals surface area contributed by atoms with Gasteiger partial charge in [-0.3, -0.25) is 14.5 Å². The van der Waals surface area contributed by atoms with Crippen molar-refractivity contribution in [2.45, 2.75) is 33.4 Å². The summed E-state index contributed by atoms with van der Waals surface area (Å²) in [5.74, 6) is -1.28. The average molecular weight is 396 g/mol. The van der Waals surface area contributed by atoms with Crippen LogP contribution in [-0.2, 0) is 11.0 Å². The first-order chi connectivity index (χ1) is 13.0. The molecule has 0 radical (unpaired) electrons. The fraction of sp³-hybridized carbons (Fsp3) is 0.400. The van der Waals surface area contributed by atoms with Gasteiger partial charge in [-0.1, -0.05) is 13.0 Å². The summed E-state index contributed by atoms with van der Waals surface area (Å²) < 4.78 is 40.7. The molecule has 2 aromatic rings. The number of halogens is 3. The number of aryl methyl sites for hydroxylation is 1. The molecule has 0 fully saturated rings. The van der Waals surface area contributed by atoms with Gasteiger partial charge in [0.1, 0.15) is 0 Å². The molecule has 8 heteroatoms. The largest absolute Gasteiger partial charge is 0.480 e. The van der Waals surface area contributed by atoms with Gasteiger partial charge in [-0.15, -0.1) is 0 Å². The second kappa shape index (κ2) is 8.60. The standard InChI is InChI=1S/C20H23F3N2O3/c1-4-8-24(12-19(27)28)11-18(26)17-9-13(2)25(14(17)3)16-7-5-6-15(10-16)20(21,22)23/h5-7,9-10H,4,8,11-12H2,1-3H3,(H,27,28). The topological polar surface area (TPSA) is 62.5 Å². The van der Waals surface area contributed by atoms with Crippen molar-refractivity contribution in [3.05, 3.63) is 52.8 Å². The highest BCUT2D eigenvalue weighted by Crippen LogP contribution is 2.31. The van der Waals surface area contributed by atoms with Gasteiger partial charge in [0, 0.05) is 22.6 Å². The van der Waals surface area contributed by atoms with E-state index < -0.39 is 17.7 Å². The number of carbonyl (C=O) groups is 2. The maximum Gasteiger partial charge on any atom is 0.416 e. The number of aromatic nitrogens is 1. The Morgan fingerprint density at radius 3 is 2.39 bits per heavy atom. The van der Waals surface area contributed by atoms with Crippen LogP contribution in [0.4, 0.5) is 13.2 Å². The predicted octanol–water partition coefficient (Wildman–Crippen LogP) is 4.09. The molecule has 1 N–H and O–H groups in total. The normalized spacial score (nSPS) is 11.8. The zero-order valence-electron chi connectivity index (χ0n) is 16.0. The van der Waals surface area contributed by atoms with Gasteiger partial charge in [0.25, 0.3) is 0 Å². The van der Waals surface area contributed by atoms with E-state index in [2.05, 4.69) is 0 Å². The number of rotatable bonds is 8. The molecule has 0 amide bonds. The molecule has 0 unspecified atom stereocenters. The number of carboxylic acids is 1. The minimum absolute atomic E-state index is 0.0625. The first-order valence-electron chi connectivity index (χ1n) is 8.88. The number of carboxylic acid groups (broad SMARTS) is 1. The molecule has 1 aromatic heterocycles. The third-order valence-electron chi connectivity index (χ3n) is 4.43. The summed E-state index contributed by atoms with van der Waals surface area (Å²) in [6, 6.07) is 6.55. The quantitative estimate of drug-likeness (QED) is 0.683. The highest BCUT2D eigenvalue weighted by Gasteiger charge is 2.31. The molecular formula is C20H23F3N2O3. The van der Waals surface area contributed by atoms with E-state index in [4.69, 9.17) is 5.11 Å². The van der Waals surface area contributed by atoms with Gasteiger partial charge in [-0.05, 0) is 51.1 Å². The van der Waals surface area contributed by atoms with E-state index in [0.717, 1.165) is 12.1 Å². The van der Waals surface area contributed by atoms with Gasteiger partial charge in [-0.25, -0.2) is 0 Å². The summed E-state index contributed by atoms with van der Waals surface area (Å²) in [4.78, 5) is 25.2. The molecule has 1 aromatic carbocycles. The predicted molar refractivity (Wildman–Crippen MR) is 98.9 cm³/mol. The van der Waals surface area contributed by atoms with Crippen LogP contribution in [0.25, 0.3) is 5.69 Å². The molecule has 0 spiro atoms. The number of alkyl halides is 3. The Labute approximate surface area is 161 Å². The van der Waals surface area contributed by atoms with Crippen LogP contribution in [0.1, 0.15) is 40.7 Å². The minimum atomic E-state index is -4.46. The van der Waals surface area contributed by atoms with Gasteiger partial charge in [0.05, 0.1) is 18.7 Å². The summed E-state index contributed by atoms with van der Waals surface area (Å²) in [7, 11) is 0. The van der Waals surface area contributed by atoms with E-state index in [1.54, 1.807) is 35.4 Å². The maximum absolute atomic E-state index is 13.0. The molecule has 0 aliphatic heterocycles. The second-order valence-corrected chi connectivity index (χ2v) is 6.70. The van der Waals surface area contributed by atoms with Gasteiger partial charge < -0.3 is 9.67 Å². The van der Waals surface area contributed by atoms with E-state index >= 15 is 0 Å². The highest BCUT2D eigenvalue weighted by molar-refractivity contribution is 5.99. The number of aliphatic carboxylic acids is 1. The lowest BCUT2D eigenvalue weighted by atomic mass is 10.1. The van der Waals surface area contributed by atoms with Crippen LogP contribution < -0.4 is 0 Å². The van der Waals surface area contributed by atoms with Crippen LogP contribution >= 0.6 is 0 Å². The van der Waals surface area contributed by atoms with Crippen molar-refractivity contribution in [3.8, 4) is 5.69 Å². The zero-order valence-corrected chi connectivity index (χ0v) is 16.0. The number of ketones is 1. The van der Waals surface area contributed by atoms with Crippen molar-refractivity contribution in [3.63, 3.8) is 0 Å². The Morgan fingerprint density at radius 2 is 1.82 bits per heavy atom. The van der Waals surface area contributed by atoms with Crippen LogP contribution in [0, 0.1) is 13.8 Å². The van der Waals surface area contributed by atoms with Crippen molar-refractivity contribution < 1.29 is 27.9 Å². The minimum Gasteiger partial charge on any atom is -0.480 e. The number of benzene rings is 1. The molecule has 0 bridgehead atoms. The van der Waals surface area contributed by atoms with Crippen molar-refractivity contribution in [1.82, 2.24) is 9.47 Å². The molecule has 152 valence electrons. The third kappa shape index (κ3) is 5.01. The van der Waals surface area contributed by atoms with Crippen molar-refractivity contribution in [2.24, 2.45) is 0 Å². The third-order valence-corrected chi connectivity index (χ3v) is 4.43. The molecule has 0 aliphatic rings. The van der Waals surface area contributed by atoms with Crippen molar-refractivity contribution >= 4 is 11.8 Å². The molecule has 28 heavy (non-hydrogen) atoms. The maximum atomic E-state index is 13.0. The van der Waals surface area contributed by atoms with E-state index in [1.165, 1.54) is 6.07 Å². The monoisotopic (exact) mass is 396 g/mol. The summed E-state index contributed by atoms with van der Waals surface area (Å²) in [6.45, 7) is 5.43. The van der Waals surface area contributed by atoms with Gasteiger partial charge in [-0.2, -0.15) is 13.2 Å². The zero-order chi connectivity index (χ0) is 21.1. The number of hydrogen-bond acceptors (Lipinski definition) is 3.